The highest BCUT2D eigenvalue weighted by Gasteiger charge is 2.20. The van der Waals surface area contributed by atoms with Gasteiger partial charge in [0.2, 0.25) is 0 Å². The molecule has 6 nitrogen and oxygen atoms in total. The van der Waals surface area contributed by atoms with Crippen LogP contribution in [0.5, 0.6) is 0 Å². The van der Waals surface area contributed by atoms with Crippen LogP contribution in [0.25, 0.3) is 10.2 Å². The average molecular weight is 286 g/mol. The zero-order valence-corrected chi connectivity index (χ0v) is 11.1. The molecule has 0 bridgehead atoms. The summed E-state index contributed by atoms with van der Waals surface area (Å²) in [5, 5.41) is 14.3. The van der Waals surface area contributed by atoms with Crippen molar-refractivity contribution in [1.82, 2.24) is 4.98 Å². The van der Waals surface area contributed by atoms with E-state index in [9.17, 15) is 10.1 Å². The second-order valence-electron chi connectivity index (χ2n) is 4.17. The molecule has 0 spiro atoms. The van der Waals surface area contributed by atoms with Crippen LogP contribution in [0.2, 0.25) is 0 Å². The van der Waals surface area contributed by atoms with Crippen molar-refractivity contribution in [3.63, 3.8) is 0 Å². The van der Waals surface area contributed by atoms with E-state index < -0.39 is 4.92 Å². The number of rotatable bonds is 3. The van der Waals surface area contributed by atoms with Gasteiger partial charge in [-0.3, -0.25) is 10.1 Å². The first kappa shape index (κ1) is 12.4. The fraction of sp³-hybridized carbons (Fsp3) is 0. The molecule has 0 amide bonds. The third kappa shape index (κ3) is 2.14. The van der Waals surface area contributed by atoms with Gasteiger partial charge in [-0.05, 0) is 30.3 Å². The van der Waals surface area contributed by atoms with Crippen LogP contribution in [0, 0.1) is 10.1 Å². The Morgan fingerprint density at radius 1 is 1.30 bits per heavy atom. The molecule has 2 aromatic carbocycles. The molecule has 0 saturated carbocycles. The minimum Gasteiger partial charge on any atom is -0.399 e. The number of nitrogens with one attached hydrogen (secondary N) is 1. The predicted octanol–water partition coefficient (Wildman–Crippen LogP) is 3.53. The first-order chi connectivity index (χ1) is 9.65. The molecule has 0 aliphatic heterocycles. The molecule has 0 fully saturated rings. The lowest BCUT2D eigenvalue weighted by molar-refractivity contribution is -0.382. The lowest BCUT2D eigenvalue weighted by Gasteiger charge is -2.08. The molecule has 0 unspecified atom stereocenters. The van der Waals surface area contributed by atoms with Gasteiger partial charge in [-0.1, -0.05) is 6.07 Å². The van der Waals surface area contributed by atoms with E-state index in [2.05, 4.69) is 10.3 Å². The van der Waals surface area contributed by atoms with Gasteiger partial charge in [0.05, 0.1) is 15.1 Å². The van der Waals surface area contributed by atoms with Crippen molar-refractivity contribution in [1.29, 1.82) is 0 Å². The Bertz CT molecular complexity index is 800. The number of thiazole rings is 1. The second kappa shape index (κ2) is 4.78. The zero-order valence-electron chi connectivity index (χ0n) is 10.2. The van der Waals surface area contributed by atoms with E-state index in [4.69, 9.17) is 5.73 Å². The molecule has 100 valence electrons. The summed E-state index contributed by atoms with van der Waals surface area (Å²) in [6.45, 7) is 0. The highest BCUT2D eigenvalue weighted by molar-refractivity contribution is 7.16. The Morgan fingerprint density at radius 3 is 2.90 bits per heavy atom. The number of aromatic nitrogens is 1. The Morgan fingerprint density at radius 2 is 2.15 bits per heavy atom. The van der Waals surface area contributed by atoms with Crippen molar-refractivity contribution in [2.75, 3.05) is 11.1 Å². The average Bonchev–Trinajstić information content (AvgIpc) is 2.86. The third-order valence-electron chi connectivity index (χ3n) is 2.82. The molecule has 0 atom stereocenters. The number of hydrogen-bond donors (Lipinski definition) is 2. The van der Waals surface area contributed by atoms with Crippen LogP contribution in [0.15, 0.2) is 41.9 Å². The van der Waals surface area contributed by atoms with E-state index in [1.807, 2.05) is 6.07 Å². The Kier molecular flexibility index (Phi) is 2.96. The number of hydrogen-bond acceptors (Lipinski definition) is 6. The van der Waals surface area contributed by atoms with Crippen LogP contribution in [-0.2, 0) is 0 Å². The summed E-state index contributed by atoms with van der Waals surface area (Å²) < 4.78 is 0.787. The Labute approximate surface area is 118 Å². The summed E-state index contributed by atoms with van der Waals surface area (Å²) in [4.78, 5) is 14.9. The molecule has 3 N–H and O–H groups in total. The monoisotopic (exact) mass is 286 g/mol. The van der Waals surface area contributed by atoms with E-state index in [-0.39, 0.29) is 5.69 Å². The van der Waals surface area contributed by atoms with Gasteiger partial charge in [0.15, 0.2) is 5.52 Å². The number of nitro groups is 1. The molecule has 1 heterocycles. The van der Waals surface area contributed by atoms with E-state index in [1.54, 1.807) is 35.8 Å². The summed E-state index contributed by atoms with van der Waals surface area (Å²) in [7, 11) is 0. The van der Waals surface area contributed by atoms with E-state index in [0.717, 1.165) is 4.70 Å². The van der Waals surface area contributed by atoms with E-state index in [0.29, 0.717) is 22.6 Å². The third-order valence-corrected chi connectivity index (χ3v) is 3.62. The Balaban J connectivity index is 2.11. The fourth-order valence-corrected chi connectivity index (χ4v) is 2.65. The molecule has 0 aliphatic rings. The number of nitro benzene ring substituents is 1. The highest BCUT2D eigenvalue weighted by atomic mass is 32.1. The number of anilines is 3. The molecule has 3 aromatic rings. The highest BCUT2D eigenvalue weighted by Crippen LogP contribution is 2.36. The van der Waals surface area contributed by atoms with E-state index in [1.165, 1.54) is 11.3 Å². The van der Waals surface area contributed by atoms with Gasteiger partial charge in [-0.25, -0.2) is 4.98 Å². The number of nitrogens with zero attached hydrogens (tertiary/aromatic N) is 2. The molecule has 20 heavy (non-hydrogen) atoms. The standard InChI is InChI=1S/C13H10N4O2S/c14-8-2-1-3-9(6-8)16-10-4-5-11-12(15-7-20-11)13(10)17(18)19/h1-7,16H,14H2. The van der Waals surface area contributed by atoms with Crippen molar-refractivity contribution in [2.45, 2.75) is 0 Å². The largest absolute Gasteiger partial charge is 0.399 e. The van der Waals surface area contributed by atoms with Crippen molar-refractivity contribution in [3.05, 3.63) is 52.0 Å². The van der Waals surface area contributed by atoms with Crippen LogP contribution >= 0.6 is 11.3 Å². The first-order valence-electron chi connectivity index (χ1n) is 5.78. The number of nitrogen functional groups attached to an aromatic ring is 1. The van der Waals surface area contributed by atoms with Crippen LogP contribution in [0.1, 0.15) is 0 Å². The van der Waals surface area contributed by atoms with Crippen molar-refractivity contribution < 1.29 is 4.92 Å². The molecule has 0 aliphatic carbocycles. The van der Waals surface area contributed by atoms with Gasteiger partial charge in [-0.2, -0.15) is 0 Å². The summed E-state index contributed by atoms with van der Waals surface area (Å²) in [6, 6.07) is 10.5. The SMILES string of the molecule is Nc1cccc(Nc2ccc3scnc3c2[N+](=O)[O-])c1. The predicted molar refractivity (Wildman–Crippen MR) is 80.4 cm³/mol. The number of benzene rings is 2. The molecule has 1 aromatic heterocycles. The molecule has 7 heteroatoms. The van der Waals surface area contributed by atoms with Crippen LogP contribution in [-0.4, -0.2) is 9.91 Å². The van der Waals surface area contributed by atoms with Gasteiger partial charge >= 0.3 is 5.69 Å². The van der Waals surface area contributed by atoms with Crippen LogP contribution in [0.4, 0.5) is 22.7 Å². The molecule has 0 radical (unpaired) electrons. The minimum atomic E-state index is -0.420. The summed E-state index contributed by atoms with van der Waals surface area (Å²) >= 11 is 1.37. The van der Waals surface area contributed by atoms with Gasteiger partial charge in [0, 0.05) is 11.4 Å². The van der Waals surface area contributed by atoms with Crippen molar-refractivity contribution >= 4 is 44.3 Å². The summed E-state index contributed by atoms with van der Waals surface area (Å²) in [5.74, 6) is 0. The number of fused-ring (bicyclic) bond motifs is 1. The summed E-state index contributed by atoms with van der Waals surface area (Å²) in [6.07, 6.45) is 0. The van der Waals surface area contributed by atoms with Gasteiger partial charge in [0.25, 0.3) is 0 Å². The molecule has 0 saturated heterocycles. The maximum atomic E-state index is 11.3. The van der Waals surface area contributed by atoms with Crippen LogP contribution < -0.4 is 11.1 Å². The molecule has 3 rings (SSSR count). The van der Waals surface area contributed by atoms with Crippen molar-refractivity contribution in [3.8, 4) is 0 Å². The minimum absolute atomic E-state index is 0.0221. The van der Waals surface area contributed by atoms with Crippen molar-refractivity contribution in [2.24, 2.45) is 0 Å². The second-order valence-corrected chi connectivity index (χ2v) is 5.05. The van der Waals surface area contributed by atoms with Gasteiger partial charge < -0.3 is 11.1 Å². The number of nitrogens with two attached hydrogens (primary N) is 1. The maximum absolute atomic E-state index is 11.3. The van der Waals surface area contributed by atoms with E-state index >= 15 is 0 Å². The quantitative estimate of drug-likeness (QED) is 0.436. The Hall–Kier alpha value is -2.67. The summed E-state index contributed by atoms with van der Waals surface area (Å²) in [5.41, 5.74) is 9.36. The zero-order chi connectivity index (χ0) is 14.1. The topological polar surface area (TPSA) is 94.1 Å². The van der Waals surface area contributed by atoms with Gasteiger partial charge in [-0.15, -0.1) is 11.3 Å². The lowest BCUT2D eigenvalue weighted by atomic mass is 10.2. The lowest BCUT2D eigenvalue weighted by Crippen LogP contribution is -1.98. The maximum Gasteiger partial charge on any atom is 0.319 e. The van der Waals surface area contributed by atoms with Crippen LogP contribution in [0.3, 0.4) is 0 Å². The van der Waals surface area contributed by atoms with Gasteiger partial charge in [0.1, 0.15) is 5.69 Å². The smallest absolute Gasteiger partial charge is 0.319 e. The first-order valence-corrected chi connectivity index (χ1v) is 6.66. The molecular weight excluding hydrogens is 276 g/mol. The molecular formula is C13H10N4O2S. The fourth-order valence-electron chi connectivity index (χ4n) is 1.97. The normalized spacial score (nSPS) is 10.6.